The first-order chi connectivity index (χ1) is 15.7. The van der Waals surface area contributed by atoms with Crippen LogP contribution in [-0.2, 0) is 17.6 Å². The number of alkyl halides is 3. The quantitative estimate of drug-likeness (QED) is 0.648. The van der Waals surface area contributed by atoms with Gasteiger partial charge in [-0.25, -0.2) is 4.79 Å². The van der Waals surface area contributed by atoms with Crippen LogP contribution in [0.4, 0.5) is 13.2 Å². The van der Waals surface area contributed by atoms with E-state index in [0.717, 1.165) is 55.6 Å². The molecule has 33 heavy (non-hydrogen) atoms. The summed E-state index contributed by atoms with van der Waals surface area (Å²) < 4.78 is 40.0. The number of hydrogen-bond acceptors (Lipinski definition) is 4. The monoisotopic (exact) mass is 458 g/mol. The highest BCUT2D eigenvalue weighted by atomic mass is 19.4. The maximum atomic E-state index is 13.3. The van der Waals surface area contributed by atoms with Crippen molar-refractivity contribution in [3.63, 3.8) is 0 Å². The van der Waals surface area contributed by atoms with Crippen LogP contribution in [-0.4, -0.2) is 40.4 Å². The zero-order chi connectivity index (χ0) is 23.2. The van der Waals surface area contributed by atoms with Gasteiger partial charge in [-0.15, -0.1) is 0 Å². The molecule has 1 spiro atoms. The van der Waals surface area contributed by atoms with E-state index in [1.54, 1.807) is 36.4 Å². The third kappa shape index (κ3) is 4.62. The first-order valence-electron chi connectivity index (χ1n) is 11.2. The molecule has 1 N–H and O–H groups in total. The second-order valence-corrected chi connectivity index (χ2v) is 9.34. The Balaban J connectivity index is 1.20. The van der Waals surface area contributed by atoms with E-state index >= 15 is 0 Å². The van der Waals surface area contributed by atoms with Crippen molar-refractivity contribution in [3.05, 3.63) is 70.3 Å². The summed E-state index contributed by atoms with van der Waals surface area (Å²) in [6.45, 7) is 2.18. The van der Waals surface area contributed by atoms with Gasteiger partial charge in [-0.05, 0) is 53.6 Å². The number of oxime groups is 1. The molecule has 2 aromatic rings. The van der Waals surface area contributed by atoms with Crippen molar-refractivity contribution in [1.29, 1.82) is 0 Å². The van der Waals surface area contributed by atoms with Gasteiger partial charge in [0.05, 0.1) is 16.8 Å². The van der Waals surface area contributed by atoms with E-state index in [1.165, 1.54) is 6.07 Å². The van der Waals surface area contributed by atoms with E-state index in [2.05, 4.69) is 10.1 Å². The van der Waals surface area contributed by atoms with Crippen molar-refractivity contribution in [2.75, 3.05) is 13.1 Å². The van der Waals surface area contributed by atoms with E-state index in [9.17, 15) is 18.0 Å². The third-order valence-corrected chi connectivity index (χ3v) is 6.92. The van der Waals surface area contributed by atoms with E-state index in [1.807, 2.05) is 0 Å². The molecule has 0 radical (unpaired) electrons. The molecule has 2 heterocycles. The molecule has 5 nitrogen and oxygen atoms in total. The normalized spacial score (nSPS) is 20.5. The minimum absolute atomic E-state index is 0.0400. The molecule has 2 aromatic carbocycles. The summed E-state index contributed by atoms with van der Waals surface area (Å²) in [5.41, 5.74) is 2.41. The summed E-state index contributed by atoms with van der Waals surface area (Å²) in [5, 5.41) is 13.3. The minimum Gasteiger partial charge on any atom is -0.478 e. The Morgan fingerprint density at radius 1 is 1.12 bits per heavy atom. The van der Waals surface area contributed by atoms with Crippen molar-refractivity contribution in [2.45, 2.75) is 56.3 Å². The molecular weight excluding hydrogens is 433 g/mol. The van der Waals surface area contributed by atoms with E-state index in [4.69, 9.17) is 9.94 Å². The summed E-state index contributed by atoms with van der Waals surface area (Å²) in [5.74, 6) is -0.925. The van der Waals surface area contributed by atoms with Crippen LogP contribution in [0.25, 0.3) is 0 Å². The molecular formula is C25H25F3N2O3. The lowest BCUT2D eigenvalue weighted by molar-refractivity contribution is -0.138. The zero-order valence-corrected chi connectivity index (χ0v) is 18.1. The number of rotatable bonds is 5. The Morgan fingerprint density at radius 2 is 1.82 bits per heavy atom. The molecule has 2 fully saturated rings. The standard InChI is InChI=1S/C25H25F3N2O3/c26-25(27,28)21-8-1-16(13-20(21)17-2-3-17)15-30-11-9-24(10-12-30)14-22(29-33-24)18-4-6-19(7-5-18)23(31)32/h1,4-8,13,17H,2-3,9-12,14-15H2,(H,31,32). The Labute approximate surface area is 189 Å². The maximum absolute atomic E-state index is 13.3. The Hall–Kier alpha value is -2.87. The Bertz CT molecular complexity index is 1080. The molecule has 5 rings (SSSR count). The topological polar surface area (TPSA) is 62.1 Å². The van der Waals surface area contributed by atoms with Gasteiger partial charge >= 0.3 is 12.1 Å². The fourth-order valence-electron chi connectivity index (χ4n) is 4.83. The summed E-state index contributed by atoms with van der Waals surface area (Å²) in [6, 6.07) is 11.2. The van der Waals surface area contributed by atoms with Crippen LogP contribution in [0.15, 0.2) is 47.6 Å². The van der Waals surface area contributed by atoms with Crippen molar-refractivity contribution in [2.24, 2.45) is 5.16 Å². The highest BCUT2D eigenvalue weighted by Gasteiger charge is 2.42. The number of carbonyl (C=O) groups is 1. The van der Waals surface area contributed by atoms with E-state index in [0.29, 0.717) is 18.5 Å². The first kappa shape index (κ1) is 21.9. The molecule has 8 heteroatoms. The van der Waals surface area contributed by atoms with Crippen molar-refractivity contribution >= 4 is 11.7 Å². The first-order valence-corrected chi connectivity index (χ1v) is 11.2. The van der Waals surface area contributed by atoms with Gasteiger partial charge in [-0.2, -0.15) is 13.2 Å². The molecule has 1 saturated carbocycles. The number of likely N-dealkylation sites (tertiary alicyclic amines) is 1. The van der Waals surface area contributed by atoms with E-state index < -0.39 is 17.7 Å². The Morgan fingerprint density at radius 3 is 2.42 bits per heavy atom. The molecule has 0 atom stereocenters. The number of carboxylic acids is 1. The van der Waals surface area contributed by atoms with Crippen LogP contribution in [0.5, 0.6) is 0 Å². The molecule has 174 valence electrons. The summed E-state index contributed by atoms with van der Waals surface area (Å²) in [4.78, 5) is 19.2. The van der Waals surface area contributed by atoms with Gasteiger partial charge in [0, 0.05) is 38.9 Å². The average molecular weight is 458 g/mol. The second-order valence-electron chi connectivity index (χ2n) is 9.34. The highest BCUT2D eigenvalue weighted by molar-refractivity contribution is 6.02. The van der Waals surface area contributed by atoms with Crippen molar-refractivity contribution in [1.82, 2.24) is 4.90 Å². The van der Waals surface area contributed by atoms with Crippen LogP contribution >= 0.6 is 0 Å². The molecule has 1 aliphatic carbocycles. The maximum Gasteiger partial charge on any atom is 0.416 e. The van der Waals surface area contributed by atoms with Crippen LogP contribution in [0.2, 0.25) is 0 Å². The number of piperidine rings is 1. The van der Waals surface area contributed by atoms with Crippen LogP contribution in [0.1, 0.15) is 70.6 Å². The van der Waals surface area contributed by atoms with Gasteiger partial charge in [0.25, 0.3) is 0 Å². The van der Waals surface area contributed by atoms with Gasteiger partial charge < -0.3 is 9.94 Å². The zero-order valence-electron chi connectivity index (χ0n) is 18.1. The molecule has 3 aliphatic rings. The molecule has 0 amide bonds. The molecule has 2 aliphatic heterocycles. The number of benzene rings is 2. The lowest BCUT2D eigenvalue weighted by Gasteiger charge is -2.37. The van der Waals surface area contributed by atoms with Gasteiger partial charge in [-0.3, -0.25) is 4.90 Å². The molecule has 0 bridgehead atoms. The fourth-order valence-corrected chi connectivity index (χ4v) is 4.83. The third-order valence-electron chi connectivity index (χ3n) is 6.92. The smallest absolute Gasteiger partial charge is 0.416 e. The molecule has 0 unspecified atom stereocenters. The lowest BCUT2D eigenvalue weighted by Crippen LogP contribution is -2.44. The van der Waals surface area contributed by atoms with Gasteiger partial charge in [-0.1, -0.05) is 29.4 Å². The fraction of sp³-hybridized carbons (Fsp3) is 0.440. The molecule has 1 saturated heterocycles. The van der Waals surface area contributed by atoms with Crippen molar-refractivity contribution in [3.8, 4) is 0 Å². The number of carboxylic acid groups (broad SMARTS) is 1. The molecule has 0 aromatic heterocycles. The van der Waals surface area contributed by atoms with Gasteiger partial charge in [0.15, 0.2) is 0 Å². The number of halogens is 3. The number of aromatic carboxylic acids is 1. The summed E-state index contributed by atoms with van der Waals surface area (Å²) >= 11 is 0. The largest absolute Gasteiger partial charge is 0.478 e. The van der Waals surface area contributed by atoms with Crippen molar-refractivity contribution < 1.29 is 27.9 Å². The Kier molecular flexibility index (Phi) is 5.43. The van der Waals surface area contributed by atoms with Gasteiger partial charge in [0.1, 0.15) is 5.60 Å². The lowest BCUT2D eigenvalue weighted by atomic mass is 9.85. The average Bonchev–Trinajstić information content (AvgIpc) is 3.56. The predicted octanol–water partition coefficient (Wildman–Crippen LogP) is 5.44. The van der Waals surface area contributed by atoms with Crippen LogP contribution in [0, 0.1) is 0 Å². The highest BCUT2D eigenvalue weighted by Crippen LogP contribution is 2.46. The predicted molar refractivity (Wildman–Crippen MR) is 116 cm³/mol. The summed E-state index contributed by atoms with van der Waals surface area (Å²) in [7, 11) is 0. The van der Waals surface area contributed by atoms with E-state index in [-0.39, 0.29) is 17.1 Å². The summed E-state index contributed by atoms with van der Waals surface area (Å²) in [6.07, 6.45) is -0.416. The number of nitrogens with zero attached hydrogens (tertiary/aromatic N) is 2. The second kappa shape index (κ2) is 8.17. The minimum atomic E-state index is -4.31. The van der Waals surface area contributed by atoms with Crippen LogP contribution < -0.4 is 0 Å². The van der Waals surface area contributed by atoms with Crippen LogP contribution in [0.3, 0.4) is 0 Å². The number of hydrogen-bond donors (Lipinski definition) is 1. The SMILES string of the molecule is O=C(O)c1ccc(C2=NOC3(CCN(Cc4ccc(C(F)(F)F)c(C5CC5)c4)CC3)C2)cc1. The van der Waals surface area contributed by atoms with Gasteiger partial charge in [0.2, 0.25) is 0 Å².